The van der Waals surface area contributed by atoms with Gasteiger partial charge in [0.2, 0.25) is 0 Å². The third kappa shape index (κ3) is 1.96. The molecule has 0 saturated carbocycles. The molecular weight excluding hydrogens is 436 g/mol. The van der Waals surface area contributed by atoms with E-state index in [0.717, 1.165) is 32.9 Å². The van der Waals surface area contributed by atoms with Crippen LogP contribution in [-0.4, -0.2) is 5.78 Å². The zero-order valence-electron chi connectivity index (χ0n) is 19.4. The van der Waals surface area contributed by atoms with Crippen molar-refractivity contribution < 1.29 is 4.79 Å². The molecule has 0 N–H and O–H groups in total. The summed E-state index contributed by atoms with van der Waals surface area (Å²) in [5.41, 5.74) is 3.78. The fourth-order valence-corrected chi connectivity index (χ4v) is 6.97. The molecule has 1 heteroatoms. The fourth-order valence-electron chi connectivity index (χ4n) is 6.97. The molecule has 0 aliphatic heterocycles. The van der Waals surface area contributed by atoms with Crippen molar-refractivity contribution in [2.24, 2.45) is 0 Å². The van der Waals surface area contributed by atoms with Crippen molar-refractivity contribution in [2.45, 2.75) is 0 Å². The Morgan fingerprint density at radius 2 is 0.833 bits per heavy atom. The van der Waals surface area contributed by atoms with E-state index in [9.17, 15) is 4.79 Å². The summed E-state index contributed by atoms with van der Waals surface area (Å²) < 4.78 is 0. The molecule has 8 aromatic rings. The van der Waals surface area contributed by atoms with Gasteiger partial charge in [0, 0.05) is 16.5 Å². The highest BCUT2D eigenvalue weighted by Crippen LogP contribution is 2.48. The summed E-state index contributed by atoms with van der Waals surface area (Å²) in [6, 6.07) is 34.3. The maximum atomic E-state index is 13.5. The minimum absolute atomic E-state index is 0.116. The van der Waals surface area contributed by atoms with Crippen LogP contribution in [0.2, 0.25) is 0 Å². The van der Waals surface area contributed by atoms with Gasteiger partial charge < -0.3 is 0 Å². The third-order valence-corrected chi connectivity index (χ3v) is 8.48. The van der Waals surface area contributed by atoms with Gasteiger partial charge >= 0.3 is 0 Å². The largest absolute Gasteiger partial charge is 0.289 e. The van der Waals surface area contributed by atoms with E-state index in [1.54, 1.807) is 0 Å². The minimum Gasteiger partial charge on any atom is -0.289 e. The molecule has 0 heterocycles. The zero-order valence-corrected chi connectivity index (χ0v) is 19.4. The maximum Gasteiger partial charge on any atom is 0.194 e. The third-order valence-electron chi connectivity index (χ3n) is 8.48. The van der Waals surface area contributed by atoms with Crippen molar-refractivity contribution in [1.82, 2.24) is 0 Å². The van der Waals surface area contributed by atoms with E-state index < -0.39 is 0 Å². The van der Waals surface area contributed by atoms with E-state index in [4.69, 9.17) is 0 Å². The lowest BCUT2D eigenvalue weighted by Gasteiger charge is -2.23. The number of rotatable bonds is 0. The standard InChI is InChI=1S/C35H18O/c1-18-19-6-2-3-7-21(19)23-12-14-26-27-15-13-24-22-8-4-5-9-29(22)35(36)30-17-16-28(33(27)34(24)30)25-11-10-20(18)31(23)32(25)26/h2-17H,1H2. The molecule has 1 aliphatic rings. The predicted molar refractivity (Wildman–Crippen MR) is 152 cm³/mol. The summed E-state index contributed by atoms with van der Waals surface area (Å²) >= 11 is 0. The molecule has 0 bridgehead atoms. The molecule has 0 saturated heterocycles. The molecule has 1 nitrogen and oxygen atoms in total. The highest BCUT2D eigenvalue weighted by Gasteiger charge is 2.27. The summed E-state index contributed by atoms with van der Waals surface area (Å²) in [7, 11) is 0. The number of carbonyl (C=O) groups excluding carboxylic acids is 1. The smallest absolute Gasteiger partial charge is 0.194 e. The van der Waals surface area contributed by atoms with Gasteiger partial charge in [0.1, 0.15) is 0 Å². The molecule has 36 heavy (non-hydrogen) atoms. The molecule has 0 radical (unpaired) electrons. The van der Waals surface area contributed by atoms with Crippen LogP contribution < -0.4 is 5.22 Å². The zero-order chi connectivity index (χ0) is 23.7. The van der Waals surface area contributed by atoms with Crippen molar-refractivity contribution >= 4 is 77.0 Å². The Hall–Kier alpha value is -4.75. The second kappa shape index (κ2) is 6.08. The van der Waals surface area contributed by atoms with Crippen molar-refractivity contribution in [3.8, 4) is 11.1 Å². The molecular formula is C35H18O. The molecule has 0 atom stereocenters. The first kappa shape index (κ1) is 18.6. The van der Waals surface area contributed by atoms with E-state index in [1.807, 2.05) is 24.3 Å². The SMILES string of the molecule is C=c1c2ccccc2c2ccc3c4ccc5c6c(ccc(c7ccc1c2c73)c64)C(=O)c1ccccc1-5. The monoisotopic (exact) mass is 454 g/mol. The van der Waals surface area contributed by atoms with Crippen LogP contribution in [-0.2, 0) is 0 Å². The highest BCUT2D eigenvalue weighted by molar-refractivity contribution is 6.41. The van der Waals surface area contributed by atoms with Gasteiger partial charge in [0.05, 0.1) is 0 Å². The van der Waals surface area contributed by atoms with Gasteiger partial charge in [0.25, 0.3) is 0 Å². The van der Waals surface area contributed by atoms with Crippen LogP contribution in [0, 0.1) is 0 Å². The molecule has 9 rings (SSSR count). The van der Waals surface area contributed by atoms with Crippen molar-refractivity contribution in [1.29, 1.82) is 0 Å². The summed E-state index contributed by atoms with van der Waals surface area (Å²) in [5.74, 6) is 0.116. The van der Waals surface area contributed by atoms with Crippen molar-refractivity contribution in [3.05, 3.63) is 113 Å². The maximum absolute atomic E-state index is 13.5. The summed E-state index contributed by atoms with van der Waals surface area (Å²) in [4.78, 5) is 13.5. The Bertz CT molecular complexity index is 2320. The van der Waals surface area contributed by atoms with Gasteiger partial charge in [-0.3, -0.25) is 4.79 Å². The number of hydrogen-bond donors (Lipinski definition) is 0. The van der Waals surface area contributed by atoms with Crippen LogP contribution in [0.3, 0.4) is 0 Å². The summed E-state index contributed by atoms with van der Waals surface area (Å²) in [5, 5.41) is 15.8. The lowest BCUT2D eigenvalue weighted by atomic mass is 9.78. The molecule has 8 aromatic carbocycles. The topological polar surface area (TPSA) is 17.1 Å². The van der Waals surface area contributed by atoms with Crippen LogP contribution >= 0.6 is 0 Å². The Kier molecular flexibility index (Phi) is 3.13. The number of ketones is 1. The number of hydrogen-bond acceptors (Lipinski definition) is 1. The summed E-state index contributed by atoms with van der Waals surface area (Å²) in [6.45, 7) is 4.50. The molecule has 0 amide bonds. The van der Waals surface area contributed by atoms with E-state index in [0.29, 0.717) is 0 Å². The van der Waals surface area contributed by atoms with Gasteiger partial charge in [-0.25, -0.2) is 0 Å². The summed E-state index contributed by atoms with van der Waals surface area (Å²) in [6.07, 6.45) is 0. The lowest BCUT2D eigenvalue weighted by Crippen LogP contribution is -2.10. The van der Waals surface area contributed by atoms with Gasteiger partial charge in [-0.05, 0) is 81.7 Å². The van der Waals surface area contributed by atoms with Crippen molar-refractivity contribution in [3.63, 3.8) is 0 Å². The number of fused-ring (bicyclic) bond motifs is 6. The molecule has 0 aromatic heterocycles. The van der Waals surface area contributed by atoms with E-state index >= 15 is 0 Å². The molecule has 164 valence electrons. The Balaban J connectivity index is 1.58. The van der Waals surface area contributed by atoms with Gasteiger partial charge in [0.15, 0.2) is 5.78 Å². The van der Waals surface area contributed by atoms with Gasteiger partial charge in [-0.2, -0.15) is 0 Å². The second-order valence-corrected chi connectivity index (χ2v) is 10.0. The Morgan fingerprint density at radius 1 is 0.361 bits per heavy atom. The fraction of sp³-hybridized carbons (Fsp3) is 0. The first-order valence-corrected chi connectivity index (χ1v) is 12.4. The van der Waals surface area contributed by atoms with Crippen LogP contribution in [0.4, 0.5) is 0 Å². The predicted octanol–water partition coefficient (Wildman–Crippen LogP) is 8.38. The van der Waals surface area contributed by atoms with E-state index in [1.165, 1.54) is 59.2 Å². The first-order valence-electron chi connectivity index (χ1n) is 12.4. The van der Waals surface area contributed by atoms with Crippen LogP contribution in [0.15, 0.2) is 97.1 Å². The van der Waals surface area contributed by atoms with Crippen molar-refractivity contribution in [2.75, 3.05) is 0 Å². The lowest BCUT2D eigenvalue weighted by molar-refractivity contribution is 0.104. The van der Waals surface area contributed by atoms with E-state index in [-0.39, 0.29) is 5.78 Å². The minimum atomic E-state index is 0.116. The molecule has 0 spiro atoms. The van der Waals surface area contributed by atoms with E-state index in [2.05, 4.69) is 79.4 Å². The second-order valence-electron chi connectivity index (χ2n) is 10.0. The average molecular weight is 455 g/mol. The Labute approximate surface area is 206 Å². The van der Waals surface area contributed by atoms with Crippen LogP contribution in [0.25, 0.3) is 82.3 Å². The molecule has 0 unspecified atom stereocenters. The molecule has 1 aliphatic carbocycles. The van der Waals surface area contributed by atoms with Gasteiger partial charge in [-0.15, -0.1) is 0 Å². The first-order chi connectivity index (χ1) is 17.7. The average Bonchev–Trinajstić information content (AvgIpc) is 2.94. The van der Waals surface area contributed by atoms with Gasteiger partial charge in [-0.1, -0.05) is 97.6 Å². The number of benzene rings is 8. The van der Waals surface area contributed by atoms with Crippen LogP contribution in [0.5, 0.6) is 0 Å². The Morgan fingerprint density at radius 3 is 1.56 bits per heavy atom. The normalized spacial score (nSPS) is 13.2. The highest BCUT2D eigenvalue weighted by atomic mass is 16.1. The quantitative estimate of drug-likeness (QED) is 0.166. The van der Waals surface area contributed by atoms with Crippen LogP contribution in [0.1, 0.15) is 15.9 Å². The number of carbonyl (C=O) groups is 1. The molecule has 0 fully saturated rings.